The third-order valence-corrected chi connectivity index (χ3v) is 4.37. The molecule has 1 atom stereocenters. The highest BCUT2D eigenvalue weighted by Crippen LogP contribution is 2.23. The minimum atomic E-state index is -0.475. The van der Waals surface area contributed by atoms with Crippen LogP contribution in [0, 0.1) is 6.92 Å². The molecule has 0 aliphatic rings. The number of rotatable bonds is 6. The number of benzene rings is 3. The topological polar surface area (TPSA) is 91.9 Å². The molecule has 0 aliphatic heterocycles. The first-order chi connectivity index (χ1) is 14.7. The molecule has 2 amide bonds. The van der Waals surface area contributed by atoms with E-state index < -0.39 is 6.04 Å². The molecule has 0 bridgehead atoms. The maximum absolute atomic E-state index is 12.6. The molecule has 0 aliphatic carbocycles. The van der Waals surface area contributed by atoms with Gasteiger partial charge in [-0.2, -0.15) is 5.10 Å². The molecule has 0 spiro atoms. The molecular formula is C23H21N5O2. The molecule has 0 fully saturated rings. The highest BCUT2D eigenvalue weighted by atomic mass is 16.5. The molecule has 7 heteroatoms. The predicted octanol–water partition coefficient (Wildman–Crippen LogP) is 4.82. The zero-order valence-corrected chi connectivity index (χ0v) is 16.4. The van der Waals surface area contributed by atoms with E-state index in [0.29, 0.717) is 23.1 Å². The number of amides is 2. The van der Waals surface area contributed by atoms with Gasteiger partial charge in [-0.3, -0.25) is 5.10 Å². The third-order valence-electron chi connectivity index (χ3n) is 4.37. The summed E-state index contributed by atoms with van der Waals surface area (Å²) in [5, 5.41) is 12.8. The van der Waals surface area contributed by atoms with E-state index in [-0.39, 0.29) is 6.03 Å². The van der Waals surface area contributed by atoms with Crippen molar-refractivity contribution in [3.63, 3.8) is 0 Å². The Morgan fingerprint density at radius 1 is 0.900 bits per heavy atom. The minimum Gasteiger partial charge on any atom is -0.457 e. The van der Waals surface area contributed by atoms with Gasteiger partial charge in [0.15, 0.2) is 5.82 Å². The van der Waals surface area contributed by atoms with E-state index in [2.05, 4.69) is 25.8 Å². The quantitative estimate of drug-likeness (QED) is 0.434. The lowest BCUT2D eigenvalue weighted by Gasteiger charge is -2.17. The second kappa shape index (κ2) is 8.91. The van der Waals surface area contributed by atoms with Gasteiger partial charge in [-0.1, -0.05) is 48.5 Å². The van der Waals surface area contributed by atoms with Crippen LogP contribution in [0.5, 0.6) is 11.5 Å². The third kappa shape index (κ3) is 4.82. The monoisotopic (exact) mass is 399 g/mol. The van der Waals surface area contributed by atoms with Crippen LogP contribution in [0.4, 0.5) is 10.5 Å². The summed E-state index contributed by atoms with van der Waals surface area (Å²) < 4.78 is 5.77. The Hall–Kier alpha value is -4.13. The van der Waals surface area contributed by atoms with E-state index in [1.54, 1.807) is 24.3 Å². The van der Waals surface area contributed by atoms with E-state index in [1.807, 2.05) is 67.6 Å². The SMILES string of the molecule is Cc1nc(C(NC(=O)Nc2ccc(Oc3ccccc3)cc2)c2ccccc2)n[nH]1. The second-order valence-corrected chi connectivity index (χ2v) is 6.66. The Morgan fingerprint density at radius 2 is 1.53 bits per heavy atom. The first-order valence-corrected chi connectivity index (χ1v) is 9.52. The van der Waals surface area contributed by atoms with Crippen molar-refractivity contribution in [1.82, 2.24) is 20.5 Å². The zero-order valence-electron chi connectivity index (χ0n) is 16.4. The largest absolute Gasteiger partial charge is 0.457 e. The maximum Gasteiger partial charge on any atom is 0.320 e. The van der Waals surface area contributed by atoms with Crippen molar-refractivity contribution in [2.24, 2.45) is 0 Å². The first kappa shape index (κ1) is 19.2. The van der Waals surface area contributed by atoms with Crippen LogP contribution in [0.1, 0.15) is 23.3 Å². The predicted molar refractivity (Wildman–Crippen MR) is 115 cm³/mol. The minimum absolute atomic E-state index is 0.358. The fourth-order valence-corrected chi connectivity index (χ4v) is 2.96. The van der Waals surface area contributed by atoms with Gasteiger partial charge in [0.2, 0.25) is 0 Å². The van der Waals surface area contributed by atoms with Crippen LogP contribution < -0.4 is 15.4 Å². The molecule has 3 aromatic carbocycles. The standard InChI is InChI=1S/C23H21N5O2/c1-16-24-22(28-27-16)21(17-8-4-2-5-9-17)26-23(29)25-18-12-14-20(15-13-18)30-19-10-6-3-7-11-19/h2-15,21H,1H3,(H,24,27,28)(H2,25,26,29). The van der Waals surface area contributed by atoms with Crippen molar-refractivity contribution in [1.29, 1.82) is 0 Å². The summed E-state index contributed by atoms with van der Waals surface area (Å²) >= 11 is 0. The smallest absolute Gasteiger partial charge is 0.320 e. The van der Waals surface area contributed by atoms with Gasteiger partial charge in [0.1, 0.15) is 23.4 Å². The maximum atomic E-state index is 12.6. The Bertz CT molecular complexity index is 1100. The Kier molecular flexibility index (Phi) is 5.70. The molecule has 1 aromatic heterocycles. The summed E-state index contributed by atoms with van der Waals surface area (Å²) in [4.78, 5) is 17.0. The van der Waals surface area contributed by atoms with Gasteiger partial charge in [0.05, 0.1) is 0 Å². The molecule has 4 rings (SSSR count). The molecular weight excluding hydrogens is 378 g/mol. The second-order valence-electron chi connectivity index (χ2n) is 6.66. The summed E-state index contributed by atoms with van der Waals surface area (Å²) in [6.07, 6.45) is 0. The van der Waals surface area contributed by atoms with Crippen molar-refractivity contribution < 1.29 is 9.53 Å². The molecule has 0 saturated carbocycles. The average Bonchev–Trinajstić information content (AvgIpc) is 3.21. The molecule has 7 nitrogen and oxygen atoms in total. The number of nitrogens with one attached hydrogen (secondary N) is 3. The Balaban J connectivity index is 1.43. The van der Waals surface area contributed by atoms with Gasteiger partial charge < -0.3 is 15.4 Å². The van der Waals surface area contributed by atoms with Crippen LogP contribution in [0.2, 0.25) is 0 Å². The van der Waals surface area contributed by atoms with Crippen molar-refractivity contribution in [2.45, 2.75) is 13.0 Å². The number of carbonyl (C=O) groups excluding carboxylic acids is 1. The average molecular weight is 399 g/mol. The van der Waals surface area contributed by atoms with E-state index in [1.165, 1.54) is 0 Å². The molecule has 30 heavy (non-hydrogen) atoms. The van der Waals surface area contributed by atoms with Crippen LogP contribution in [0.25, 0.3) is 0 Å². The van der Waals surface area contributed by atoms with Gasteiger partial charge in [-0.05, 0) is 48.9 Å². The van der Waals surface area contributed by atoms with Crippen molar-refractivity contribution >= 4 is 11.7 Å². The summed E-state index contributed by atoms with van der Waals surface area (Å²) in [6, 6.07) is 25.4. The van der Waals surface area contributed by atoms with Gasteiger partial charge in [0.25, 0.3) is 0 Å². The fraction of sp³-hybridized carbons (Fsp3) is 0.0870. The number of urea groups is 1. The van der Waals surface area contributed by atoms with Crippen LogP contribution in [-0.2, 0) is 0 Å². The zero-order chi connectivity index (χ0) is 20.8. The number of para-hydroxylation sites is 1. The number of ether oxygens (including phenoxy) is 1. The number of H-pyrrole nitrogens is 1. The molecule has 0 radical (unpaired) electrons. The van der Waals surface area contributed by atoms with E-state index in [0.717, 1.165) is 11.3 Å². The lowest BCUT2D eigenvalue weighted by Crippen LogP contribution is -2.33. The molecule has 3 N–H and O–H groups in total. The van der Waals surface area contributed by atoms with Gasteiger partial charge in [-0.25, -0.2) is 9.78 Å². The van der Waals surface area contributed by atoms with Crippen LogP contribution >= 0.6 is 0 Å². The first-order valence-electron chi connectivity index (χ1n) is 9.52. The summed E-state index contributed by atoms with van der Waals surface area (Å²) in [7, 11) is 0. The number of aryl methyl sites for hydroxylation is 1. The van der Waals surface area contributed by atoms with Crippen LogP contribution in [0.15, 0.2) is 84.9 Å². The number of aromatic nitrogens is 3. The fourth-order valence-electron chi connectivity index (χ4n) is 2.96. The van der Waals surface area contributed by atoms with Crippen molar-refractivity contribution in [3.05, 3.63) is 102 Å². The summed E-state index contributed by atoms with van der Waals surface area (Å²) in [5.41, 5.74) is 1.53. The number of nitrogens with zero attached hydrogens (tertiary/aromatic N) is 2. The van der Waals surface area contributed by atoms with E-state index >= 15 is 0 Å². The Morgan fingerprint density at radius 3 is 2.17 bits per heavy atom. The van der Waals surface area contributed by atoms with E-state index in [4.69, 9.17) is 4.74 Å². The molecule has 1 unspecified atom stereocenters. The van der Waals surface area contributed by atoms with Gasteiger partial charge >= 0.3 is 6.03 Å². The summed E-state index contributed by atoms with van der Waals surface area (Å²) in [6.45, 7) is 1.82. The number of hydrogen-bond acceptors (Lipinski definition) is 4. The van der Waals surface area contributed by atoms with Crippen molar-refractivity contribution in [2.75, 3.05) is 5.32 Å². The number of anilines is 1. The van der Waals surface area contributed by atoms with Gasteiger partial charge in [-0.15, -0.1) is 0 Å². The molecule has 0 saturated heterocycles. The highest BCUT2D eigenvalue weighted by molar-refractivity contribution is 5.89. The lowest BCUT2D eigenvalue weighted by molar-refractivity contribution is 0.249. The number of aromatic amines is 1. The molecule has 1 heterocycles. The lowest BCUT2D eigenvalue weighted by atomic mass is 10.1. The van der Waals surface area contributed by atoms with Crippen LogP contribution in [-0.4, -0.2) is 21.2 Å². The van der Waals surface area contributed by atoms with Gasteiger partial charge in [0, 0.05) is 5.69 Å². The number of hydrogen-bond donors (Lipinski definition) is 3. The van der Waals surface area contributed by atoms with Crippen molar-refractivity contribution in [3.8, 4) is 11.5 Å². The number of carbonyl (C=O) groups is 1. The van der Waals surface area contributed by atoms with E-state index in [9.17, 15) is 4.79 Å². The molecule has 150 valence electrons. The normalized spacial score (nSPS) is 11.5. The molecule has 4 aromatic rings. The summed E-state index contributed by atoms with van der Waals surface area (Å²) in [5.74, 6) is 2.62. The Labute approximate surface area is 174 Å². The van der Waals surface area contributed by atoms with Crippen LogP contribution in [0.3, 0.4) is 0 Å². The highest BCUT2D eigenvalue weighted by Gasteiger charge is 2.20.